The van der Waals surface area contributed by atoms with Gasteiger partial charge in [-0.25, -0.2) is 0 Å². The average molecular weight is 375 g/mol. The Kier molecular flexibility index (Phi) is 6.64. The second-order valence-electron chi connectivity index (χ2n) is 6.92. The lowest BCUT2D eigenvalue weighted by Gasteiger charge is -2.17. The predicted octanol–water partition coefficient (Wildman–Crippen LogP) is 4.02. The number of hydrogen-bond donors (Lipinski definition) is 2. The van der Waals surface area contributed by atoms with E-state index >= 15 is 0 Å². The lowest BCUT2D eigenvalue weighted by molar-refractivity contribution is -0.130. The summed E-state index contributed by atoms with van der Waals surface area (Å²) in [5.41, 5.74) is 1.13. The zero-order valence-corrected chi connectivity index (χ0v) is 15.9. The second kappa shape index (κ2) is 8.72. The van der Waals surface area contributed by atoms with E-state index in [-0.39, 0.29) is 18.4 Å². The van der Waals surface area contributed by atoms with Crippen molar-refractivity contribution in [3.63, 3.8) is 0 Å². The van der Waals surface area contributed by atoms with Gasteiger partial charge in [0.2, 0.25) is 11.8 Å². The van der Waals surface area contributed by atoms with Gasteiger partial charge < -0.3 is 15.4 Å². The molecular formula is C20H23ClN2O3. The van der Waals surface area contributed by atoms with E-state index in [4.69, 9.17) is 16.3 Å². The summed E-state index contributed by atoms with van der Waals surface area (Å²) in [7, 11) is 0. The van der Waals surface area contributed by atoms with E-state index < -0.39 is 5.41 Å². The molecule has 138 valence electrons. The summed E-state index contributed by atoms with van der Waals surface area (Å²) in [6.07, 6.45) is 0. The maximum Gasteiger partial charge on any atom is 0.243 e. The maximum atomic E-state index is 11.9. The van der Waals surface area contributed by atoms with Gasteiger partial charge in [-0.3, -0.25) is 9.59 Å². The van der Waals surface area contributed by atoms with Crippen LogP contribution in [-0.2, 0) is 16.2 Å². The molecule has 0 fully saturated rings. The van der Waals surface area contributed by atoms with Crippen LogP contribution in [0.25, 0.3) is 0 Å². The van der Waals surface area contributed by atoms with Gasteiger partial charge in [0.25, 0.3) is 0 Å². The molecule has 0 aliphatic heterocycles. The van der Waals surface area contributed by atoms with E-state index in [0.717, 1.165) is 5.56 Å². The van der Waals surface area contributed by atoms with Gasteiger partial charge in [-0.15, -0.1) is 0 Å². The van der Waals surface area contributed by atoms with E-state index in [2.05, 4.69) is 10.6 Å². The number of rotatable bonds is 6. The Morgan fingerprint density at radius 2 is 1.62 bits per heavy atom. The van der Waals surface area contributed by atoms with Gasteiger partial charge in [-0.05, 0) is 42.0 Å². The number of carbonyl (C=O) groups excluding carboxylic acids is 2. The molecule has 2 rings (SSSR count). The van der Waals surface area contributed by atoms with Crippen molar-refractivity contribution in [1.29, 1.82) is 0 Å². The molecular weight excluding hydrogens is 352 g/mol. The molecule has 0 unspecified atom stereocenters. The van der Waals surface area contributed by atoms with E-state index in [1.54, 1.807) is 45.0 Å². The first-order chi connectivity index (χ1) is 12.2. The highest BCUT2D eigenvalue weighted by Gasteiger charge is 2.21. The first kappa shape index (κ1) is 19.8. The molecule has 26 heavy (non-hydrogen) atoms. The lowest BCUT2D eigenvalue weighted by Crippen LogP contribution is -2.39. The number of hydrogen-bond acceptors (Lipinski definition) is 3. The van der Waals surface area contributed by atoms with E-state index in [1.807, 2.05) is 24.3 Å². The normalized spacial score (nSPS) is 10.9. The van der Waals surface area contributed by atoms with Crippen LogP contribution in [-0.4, -0.2) is 18.4 Å². The van der Waals surface area contributed by atoms with Crippen LogP contribution in [0.1, 0.15) is 26.3 Å². The van der Waals surface area contributed by atoms with Crippen molar-refractivity contribution in [3.8, 4) is 5.75 Å². The first-order valence-electron chi connectivity index (χ1n) is 8.29. The van der Waals surface area contributed by atoms with Crippen LogP contribution < -0.4 is 15.4 Å². The van der Waals surface area contributed by atoms with Gasteiger partial charge in [0, 0.05) is 16.1 Å². The summed E-state index contributed by atoms with van der Waals surface area (Å²) in [5.74, 6) is 0.245. The first-order valence-corrected chi connectivity index (χ1v) is 8.67. The van der Waals surface area contributed by atoms with Crippen molar-refractivity contribution < 1.29 is 14.3 Å². The molecule has 2 amide bonds. The number of benzene rings is 2. The van der Waals surface area contributed by atoms with Gasteiger partial charge in [0.15, 0.2) is 0 Å². The topological polar surface area (TPSA) is 67.4 Å². The molecule has 0 heterocycles. The fourth-order valence-electron chi connectivity index (χ4n) is 2.01. The Labute approximate surface area is 158 Å². The Bertz CT molecular complexity index is 750. The van der Waals surface area contributed by atoms with Crippen LogP contribution in [0, 0.1) is 5.41 Å². The van der Waals surface area contributed by atoms with Crippen molar-refractivity contribution in [2.45, 2.75) is 27.4 Å². The Morgan fingerprint density at radius 3 is 2.19 bits per heavy atom. The highest BCUT2D eigenvalue weighted by Crippen LogP contribution is 2.18. The minimum atomic E-state index is -0.524. The van der Waals surface area contributed by atoms with E-state index in [9.17, 15) is 9.59 Å². The third-order valence-corrected chi connectivity index (χ3v) is 3.80. The third-order valence-electron chi connectivity index (χ3n) is 3.55. The molecule has 6 heteroatoms. The standard InChI is InChI=1S/C20H23ClN2O3/c1-20(2,3)19(25)22-12-18(24)23-16-8-10-17(11-9-16)26-13-14-4-6-15(21)7-5-14/h4-11H,12-13H2,1-3H3,(H,22,25)(H,23,24). The smallest absolute Gasteiger partial charge is 0.243 e. The Morgan fingerprint density at radius 1 is 1.00 bits per heavy atom. The Balaban J connectivity index is 1.80. The summed E-state index contributed by atoms with van der Waals surface area (Å²) < 4.78 is 5.70. The van der Waals surface area contributed by atoms with Crippen LogP contribution in [0.4, 0.5) is 5.69 Å². The number of carbonyl (C=O) groups is 2. The van der Waals surface area contributed by atoms with Crippen molar-refractivity contribution in [1.82, 2.24) is 5.32 Å². The summed E-state index contributed by atoms with van der Waals surface area (Å²) in [6, 6.07) is 14.5. The predicted molar refractivity (Wildman–Crippen MR) is 103 cm³/mol. The van der Waals surface area contributed by atoms with Gasteiger partial charge in [-0.2, -0.15) is 0 Å². The fourth-order valence-corrected chi connectivity index (χ4v) is 2.14. The molecule has 2 N–H and O–H groups in total. The summed E-state index contributed by atoms with van der Waals surface area (Å²) >= 11 is 5.85. The summed E-state index contributed by atoms with van der Waals surface area (Å²) in [4.78, 5) is 23.7. The zero-order chi connectivity index (χ0) is 19.2. The van der Waals surface area contributed by atoms with Crippen LogP contribution in [0.15, 0.2) is 48.5 Å². The molecule has 0 aliphatic carbocycles. The monoisotopic (exact) mass is 374 g/mol. The number of nitrogens with one attached hydrogen (secondary N) is 2. The van der Waals surface area contributed by atoms with Gasteiger partial charge in [0.1, 0.15) is 12.4 Å². The molecule has 0 radical (unpaired) electrons. The van der Waals surface area contributed by atoms with Gasteiger partial charge >= 0.3 is 0 Å². The third kappa shape index (κ3) is 6.41. The van der Waals surface area contributed by atoms with Gasteiger partial charge in [-0.1, -0.05) is 44.5 Å². The van der Waals surface area contributed by atoms with Gasteiger partial charge in [0.05, 0.1) is 6.54 Å². The highest BCUT2D eigenvalue weighted by atomic mass is 35.5. The average Bonchev–Trinajstić information content (AvgIpc) is 2.59. The van der Waals surface area contributed by atoms with E-state index in [0.29, 0.717) is 23.1 Å². The molecule has 2 aromatic carbocycles. The van der Waals surface area contributed by atoms with Crippen molar-refractivity contribution in [2.24, 2.45) is 5.41 Å². The lowest BCUT2D eigenvalue weighted by atomic mass is 9.96. The molecule has 2 aromatic rings. The number of ether oxygens (including phenoxy) is 1. The van der Waals surface area contributed by atoms with Crippen LogP contribution in [0.5, 0.6) is 5.75 Å². The molecule has 0 saturated carbocycles. The summed E-state index contributed by atoms with van der Waals surface area (Å²) in [5, 5.41) is 6.03. The second-order valence-corrected chi connectivity index (χ2v) is 7.36. The van der Waals surface area contributed by atoms with Crippen molar-refractivity contribution >= 4 is 29.1 Å². The van der Waals surface area contributed by atoms with Crippen molar-refractivity contribution in [3.05, 3.63) is 59.1 Å². The molecule has 5 nitrogen and oxygen atoms in total. The Hall–Kier alpha value is -2.53. The van der Waals surface area contributed by atoms with Crippen LogP contribution in [0.3, 0.4) is 0 Å². The number of amides is 2. The zero-order valence-electron chi connectivity index (χ0n) is 15.1. The van der Waals surface area contributed by atoms with Crippen molar-refractivity contribution in [2.75, 3.05) is 11.9 Å². The highest BCUT2D eigenvalue weighted by molar-refractivity contribution is 6.30. The minimum absolute atomic E-state index is 0.0646. The largest absolute Gasteiger partial charge is 0.489 e. The van der Waals surface area contributed by atoms with Crippen LogP contribution in [0.2, 0.25) is 5.02 Å². The molecule has 0 atom stereocenters. The van der Waals surface area contributed by atoms with Crippen LogP contribution >= 0.6 is 11.6 Å². The molecule has 0 saturated heterocycles. The minimum Gasteiger partial charge on any atom is -0.489 e. The fraction of sp³-hybridized carbons (Fsp3) is 0.300. The molecule has 0 spiro atoms. The molecule has 0 bridgehead atoms. The quantitative estimate of drug-likeness (QED) is 0.802. The molecule has 0 aromatic heterocycles. The summed E-state index contributed by atoms with van der Waals surface area (Å²) in [6.45, 7) is 5.75. The number of halogens is 1. The maximum absolute atomic E-state index is 11.9. The van der Waals surface area contributed by atoms with E-state index in [1.165, 1.54) is 0 Å². The SMILES string of the molecule is CC(C)(C)C(=O)NCC(=O)Nc1ccc(OCc2ccc(Cl)cc2)cc1. The molecule has 0 aliphatic rings. The number of anilines is 1.